The molecule has 1 rings (SSSR count). The van der Waals surface area contributed by atoms with Crippen molar-refractivity contribution in [1.29, 1.82) is 5.41 Å². The first-order chi connectivity index (χ1) is 8.91. The monoisotopic (exact) mass is 327 g/mol. The van der Waals surface area contributed by atoms with Crippen LogP contribution in [0.5, 0.6) is 0 Å². The summed E-state index contributed by atoms with van der Waals surface area (Å²) in [6.45, 7) is 0. The topological polar surface area (TPSA) is 231 Å². The van der Waals surface area contributed by atoms with Gasteiger partial charge in [0.25, 0.3) is 5.91 Å². The van der Waals surface area contributed by atoms with Crippen LogP contribution in [0, 0.1) is 5.41 Å². The summed E-state index contributed by atoms with van der Waals surface area (Å²) in [5.41, 5.74) is 15.4. The molecule has 1 amide bonds. The Morgan fingerprint density at radius 2 is 1.70 bits per heavy atom. The van der Waals surface area contributed by atoms with Crippen LogP contribution in [0.25, 0.3) is 0 Å². The van der Waals surface area contributed by atoms with Crippen LogP contribution in [0.1, 0.15) is 10.5 Å². The number of anilines is 2. The number of halogens is 1. The van der Waals surface area contributed by atoms with Gasteiger partial charge in [-0.25, -0.2) is 9.97 Å². The first-order valence-corrected chi connectivity index (χ1v) is 6.13. The summed E-state index contributed by atoms with van der Waals surface area (Å²) >= 11 is 5.55. The average molecular weight is 328 g/mol. The molecule has 112 valence electrons. The fraction of sp³-hybridized carbons (Fsp3) is 0. The Bertz CT molecular complexity index is 625. The second-order valence-corrected chi connectivity index (χ2v) is 4.20. The quantitative estimate of drug-likeness (QED) is 0.175. The van der Waals surface area contributed by atoms with E-state index in [9.17, 15) is 4.79 Å². The molecule has 0 aliphatic rings. The largest absolute Gasteiger partial charge is 0.394 e. The molecule has 0 spiro atoms. The van der Waals surface area contributed by atoms with E-state index in [1.165, 1.54) is 0 Å². The summed E-state index contributed by atoms with van der Waals surface area (Å²) in [7, 11) is -4.67. The zero-order valence-corrected chi connectivity index (χ0v) is 11.1. The summed E-state index contributed by atoms with van der Waals surface area (Å²) < 4.78 is 31.6. The average Bonchev–Trinajstić information content (AvgIpc) is 2.19. The minimum Gasteiger partial charge on any atom is -0.382 e. The maximum atomic E-state index is 11.3. The Hall–Kier alpha value is -2.22. The molecule has 20 heavy (non-hydrogen) atoms. The molecule has 10 N–H and O–H groups in total. The lowest BCUT2D eigenvalue weighted by molar-refractivity contribution is 0.0972. The maximum absolute atomic E-state index is 11.3. The van der Waals surface area contributed by atoms with E-state index < -0.39 is 22.3 Å². The highest BCUT2D eigenvalue weighted by molar-refractivity contribution is 7.79. The van der Waals surface area contributed by atoms with Crippen LogP contribution in [-0.4, -0.2) is 39.4 Å². The van der Waals surface area contributed by atoms with Crippen molar-refractivity contribution in [2.75, 3.05) is 11.5 Å². The molecule has 0 bridgehead atoms. The smallest absolute Gasteiger partial charge is 0.382 e. The Kier molecular flexibility index (Phi) is 6.05. The third-order valence-electron chi connectivity index (χ3n) is 1.37. The van der Waals surface area contributed by atoms with Crippen LogP contribution in [0.15, 0.2) is 0 Å². The number of guanidine groups is 1. The number of nitrogen functional groups attached to an aromatic ring is 2. The van der Waals surface area contributed by atoms with Crippen molar-refractivity contribution < 1.29 is 22.3 Å². The first-order valence-electron chi connectivity index (χ1n) is 4.35. The zero-order valence-electron chi connectivity index (χ0n) is 9.53. The molecular formula is C6H10ClN7O5S. The minimum atomic E-state index is -4.67. The second kappa shape index (κ2) is 6.80. The number of hydrogen-bond donors (Lipinski definition) is 7. The van der Waals surface area contributed by atoms with Gasteiger partial charge in [0, 0.05) is 0 Å². The van der Waals surface area contributed by atoms with Crippen molar-refractivity contribution in [3.05, 3.63) is 10.8 Å². The fourth-order valence-corrected chi connectivity index (χ4v) is 0.917. The molecule has 0 saturated carbocycles. The molecule has 0 fully saturated rings. The number of carbonyl (C=O) groups is 1. The van der Waals surface area contributed by atoms with Gasteiger partial charge in [-0.05, 0) is 0 Å². The fourth-order valence-electron chi connectivity index (χ4n) is 0.790. The Morgan fingerprint density at radius 3 is 2.10 bits per heavy atom. The lowest BCUT2D eigenvalue weighted by Gasteiger charge is -2.05. The Labute approximate surface area is 117 Å². The van der Waals surface area contributed by atoms with Gasteiger partial charge in [-0.3, -0.25) is 24.6 Å². The van der Waals surface area contributed by atoms with E-state index in [2.05, 4.69) is 9.97 Å². The molecule has 0 aliphatic heterocycles. The number of nitrogens with two attached hydrogens (primary N) is 3. The molecule has 0 saturated heterocycles. The third-order valence-corrected chi connectivity index (χ3v) is 1.65. The Morgan fingerprint density at radius 1 is 1.25 bits per heavy atom. The van der Waals surface area contributed by atoms with Crippen LogP contribution in [0.3, 0.4) is 0 Å². The number of nitrogens with one attached hydrogen (secondary N) is 2. The van der Waals surface area contributed by atoms with Crippen LogP contribution < -0.4 is 22.5 Å². The summed E-state index contributed by atoms with van der Waals surface area (Å²) in [4.78, 5) is 18.5. The number of rotatable bonds is 1. The van der Waals surface area contributed by atoms with Gasteiger partial charge >= 0.3 is 10.4 Å². The second-order valence-electron chi connectivity index (χ2n) is 2.95. The van der Waals surface area contributed by atoms with Crippen molar-refractivity contribution in [2.24, 2.45) is 5.73 Å². The highest BCUT2D eigenvalue weighted by atomic mass is 35.5. The SMILES string of the molecule is N=C(N)NC(=O)c1nc(Cl)c(N)nc1N.O=S(=O)(O)O. The minimum absolute atomic E-state index is 0.0754. The summed E-state index contributed by atoms with van der Waals surface area (Å²) in [6, 6.07) is 0. The molecule has 1 aromatic rings. The summed E-state index contributed by atoms with van der Waals surface area (Å²) in [5.74, 6) is -1.56. The Balaban J connectivity index is 0.000000621. The van der Waals surface area contributed by atoms with E-state index in [1.807, 2.05) is 5.32 Å². The molecule has 0 unspecified atom stereocenters. The van der Waals surface area contributed by atoms with E-state index in [4.69, 9.17) is 51.7 Å². The standard InChI is InChI=1S/C6H8ClN7O.H2O4S/c7-2-4(9)13-3(8)1(12-2)5(15)14-6(10)11;1-5(2,3)4/h(H4,8,9,13)(H4,10,11,14,15);(H2,1,2,3,4). The number of nitrogens with zero attached hydrogens (tertiary/aromatic N) is 2. The number of carbonyl (C=O) groups excluding carboxylic acids is 1. The number of aromatic nitrogens is 2. The maximum Gasteiger partial charge on any atom is 0.394 e. The molecule has 12 nitrogen and oxygen atoms in total. The van der Waals surface area contributed by atoms with E-state index in [-0.39, 0.29) is 22.5 Å². The summed E-state index contributed by atoms with van der Waals surface area (Å²) in [5, 5.41) is 8.69. The van der Waals surface area contributed by atoms with Gasteiger partial charge < -0.3 is 17.2 Å². The lowest BCUT2D eigenvalue weighted by Crippen LogP contribution is -2.36. The van der Waals surface area contributed by atoms with Gasteiger partial charge in [0.1, 0.15) is 0 Å². The normalized spacial score (nSPS) is 10.2. The molecule has 1 heterocycles. The van der Waals surface area contributed by atoms with Crippen LogP contribution in [0.2, 0.25) is 5.15 Å². The van der Waals surface area contributed by atoms with Gasteiger partial charge in [-0.1, -0.05) is 11.6 Å². The predicted molar refractivity (Wildman–Crippen MR) is 69.4 cm³/mol. The van der Waals surface area contributed by atoms with Gasteiger partial charge in [-0.2, -0.15) is 8.42 Å². The van der Waals surface area contributed by atoms with Gasteiger partial charge in [0.2, 0.25) is 0 Å². The van der Waals surface area contributed by atoms with E-state index in [0.717, 1.165) is 0 Å². The highest BCUT2D eigenvalue weighted by Crippen LogP contribution is 2.16. The molecule has 0 aromatic carbocycles. The molecule has 0 atom stereocenters. The van der Waals surface area contributed by atoms with E-state index >= 15 is 0 Å². The van der Waals surface area contributed by atoms with Crippen LogP contribution in [0.4, 0.5) is 11.6 Å². The van der Waals surface area contributed by atoms with Crippen LogP contribution in [-0.2, 0) is 10.4 Å². The summed E-state index contributed by atoms with van der Waals surface area (Å²) in [6.07, 6.45) is 0. The van der Waals surface area contributed by atoms with Gasteiger partial charge in [0.05, 0.1) is 0 Å². The van der Waals surface area contributed by atoms with Gasteiger partial charge in [0.15, 0.2) is 28.4 Å². The van der Waals surface area contributed by atoms with Crippen molar-refractivity contribution in [1.82, 2.24) is 15.3 Å². The third kappa shape index (κ3) is 7.27. The molecule has 0 radical (unpaired) electrons. The van der Waals surface area contributed by atoms with E-state index in [0.29, 0.717) is 0 Å². The van der Waals surface area contributed by atoms with Gasteiger partial charge in [-0.15, -0.1) is 0 Å². The van der Waals surface area contributed by atoms with Crippen molar-refractivity contribution in [3.8, 4) is 0 Å². The van der Waals surface area contributed by atoms with E-state index in [1.54, 1.807) is 0 Å². The zero-order chi connectivity index (χ0) is 16.1. The van der Waals surface area contributed by atoms with Crippen LogP contribution >= 0.6 is 11.6 Å². The van der Waals surface area contributed by atoms with Crippen molar-refractivity contribution >= 4 is 45.5 Å². The lowest BCUT2D eigenvalue weighted by atomic mass is 10.4. The number of amides is 1. The first kappa shape index (κ1) is 17.8. The number of hydrogen-bond acceptors (Lipinski definition) is 8. The molecule has 1 aromatic heterocycles. The molecule has 0 aliphatic carbocycles. The molecular weight excluding hydrogens is 318 g/mol. The van der Waals surface area contributed by atoms with Crippen molar-refractivity contribution in [3.63, 3.8) is 0 Å². The van der Waals surface area contributed by atoms with Crippen molar-refractivity contribution in [2.45, 2.75) is 0 Å². The molecule has 14 heteroatoms. The predicted octanol–water partition coefficient (Wildman–Crippen LogP) is -1.74. The highest BCUT2D eigenvalue weighted by Gasteiger charge is 2.15.